The molecule has 0 amide bonds. The van der Waals surface area contributed by atoms with E-state index in [4.69, 9.17) is 0 Å². The summed E-state index contributed by atoms with van der Waals surface area (Å²) < 4.78 is 1.21. The first kappa shape index (κ1) is 10.6. The molecule has 4 aliphatic rings. The van der Waals surface area contributed by atoms with E-state index in [1.54, 1.807) is 5.56 Å². The third-order valence-electron chi connectivity index (χ3n) is 5.49. The van der Waals surface area contributed by atoms with Crippen LogP contribution in [-0.4, -0.2) is 0 Å². The molecule has 4 fully saturated rings. The Morgan fingerprint density at radius 2 is 1.29 bits per heavy atom. The lowest BCUT2D eigenvalue weighted by Gasteiger charge is -2.57. The predicted octanol–water partition coefficient (Wildman–Crippen LogP) is 4.92. The molecule has 0 aliphatic heterocycles. The van der Waals surface area contributed by atoms with Crippen molar-refractivity contribution in [2.75, 3.05) is 0 Å². The molecule has 0 aromatic heterocycles. The van der Waals surface area contributed by atoms with Gasteiger partial charge >= 0.3 is 0 Å². The molecule has 1 heteroatoms. The monoisotopic (exact) mass is 290 g/mol. The normalized spacial score (nSPS) is 43.0. The Bertz CT molecular complexity index is 396. The molecule has 4 aliphatic carbocycles. The third kappa shape index (κ3) is 1.62. The first-order valence-corrected chi connectivity index (χ1v) is 7.79. The first-order valence-electron chi connectivity index (χ1n) is 7.00. The molecule has 0 saturated heterocycles. The molecule has 0 radical (unpaired) electrons. The predicted molar refractivity (Wildman–Crippen MR) is 74.0 cm³/mol. The van der Waals surface area contributed by atoms with Gasteiger partial charge in [0.15, 0.2) is 0 Å². The Balaban J connectivity index is 1.74. The molecule has 0 heterocycles. The van der Waals surface area contributed by atoms with Crippen molar-refractivity contribution in [1.82, 2.24) is 0 Å². The summed E-state index contributed by atoms with van der Waals surface area (Å²) in [7, 11) is 0. The van der Waals surface area contributed by atoms with Gasteiger partial charge in [-0.2, -0.15) is 0 Å². The van der Waals surface area contributed by atoms with Gasteiger partial charge in [-0.05, 0) is 79.4 Å². The number of benzene rings is 1. The van der Waals surface area contributed by atoms with Crippen LogP contribution in [0.4, 0.5) is 0 Å². The molecule has 0 unspecified atom stereocenters. The van der Waals surface area contributed by atoms with E-state index in [0.717, 1.165) is 17.8 Å². The van der Waals surface area contributed by atoms with Crippen LogP contribution in [0.5, 0.6) is 0 Å². The quantitative estimate of drug-likeness (QED) is 0.689. The molecule has 90 valence electrons. The van der Waals surface area contributed by atoms with Crippen LogP contribution in [0.1, 0.15) is 44.1 Å². The molecule has 0 nitrogen and oxygen atoms in total. The molecule has 0 spiro atoms. The Labute approximate surface area is 112 Å². The van der Waals surface area contributed by atoms with E-state index in [1.165, 1.54) is 43.0 Å². The number of hydrogen-bond acceptors (Lipinski definition) is 0. The standard InChI is InChI=1S/C16H19Br/c17-15-3-1-14(2-4-15)16-8-11-5-12(9-16)7-13(6-11)10-16/h1-4,11-13H,5-10H2/t11-,12+,13-,16?. The maximum absolute atomic E-state index is 3.56. The smallest absolute Gasteiger partial charge is 0.0175 e. The highest BCUT2D eigenvalue weighted by Gasteiger charge is 2.51. The summed E-state index contributed by atoms with van der Waals surface area (Å²) in [6.07, 6.45) is 9.03. The van der Waals surface area contributed by atoms with Gasteiger partial charge in [0.25, 0.3) is 0 Å². The highest BCUT2D eigenvalue weighted by Crippen LogP contribution is 2.60. The lowest BCUT2D eigenvalue weighted by molar-refractivity contribution is -0.00519. The zero-order valence-corrected chi connectivity index (χ0v) is 11.7. The molecule has 0 N–H and O–H groups in total. The Morgan fingerprint density at radius 3 is 1.76 bits per heavy atom. The molecule has 5 rings (SSSR count). The van der Waals surface area contributed by atoms with Gasteiger partial charge in [0.2, 0.25) is 0 Å². The van der Waals surface area contributed by atoms with E-state index < -0.39 is 0 Å². The summed E-state index contributed by atoms with van der Waals surface area (Å²) in [5.74, 6) is 3.14. The minimum absolute atomic E-state index is 0.565. The summed E-state index contributed by atoms with van der Waals surface area (Å²) in [5, 5.41) is 0. The minimum Gasteiger partial charge on any atom is -0.0574 e. The Hall–Kier alpha value is -0.300. The topological polar surface area (TPSA) is 0 Å². The summed E-state index contributed by atoms with van der Waals surface area (Å²) in [6, 6.07) is 9.20. The fourth-order valence-electron chi connectivity index (χ4n) is 5.27. The van der Waals surface area contributed by atoms with Gasteiger partial charge in [0.05, 0.1) is 0 Å². The fourth-order valence-corrected chi connectivity index (χ4v) is 5.53. The molecular weight excluding hydrogens is 272 g/mol. The summed E-state index contributed by atoms with van der Waals surface area (Å²) in [6.45, 7) is 0. The zero-order chi connectivity index (χ0) is 11.5. The van der Waals surface area contributed by atoms with E-state index in [2.05, 4.69) is 40.2 Å². The van der Waals surface area contributed by atoms with E-state index in [9.17, 15) is 0 Å². The van der Waals surface area contributed by atoms with Crippen molar-refractivity contribution >= 4 is 15.9 Å². The summed E-state index contributed by atoms with van der Waals surface area (Å²) in [4.78, 5) is 0. The van der Waals surface area contributed by atoms with Crippen LogP contribution in [-0.2, 0) is 5.41 Å². The van der Waals surface area contributed by atoms with E-state index in [0.29, 0.717) is 5.41 Å². The van der Waals surface area contributed by atoms with Crippen molar-refractivity contribution in [3.63, 3.8) is 0 Å². The molecule has 4 saturated carbocycles. The van der Waals surface area contributed by atoms with Crippen LogP contribution in [0.15, 0.2) is 28.7 Å². The molecule has 4 bridgehead atoms. The second-order valence-corrected chi connectivity index (χ2v) is 7.62. The van der Waals surface area contributed by atoms with Crippen molar-refractivity contribution in [2.45, 2.75) is 43.9 Å². The van der Waals surface area contributed by atoms with Crippen LogP contribution < -0.4 is 0 Å². The molecule has 1 aromatic carbocycles. The average molecular weight is 291 g/mol. The van der Waals surface area contributed by atoms with Gasteiger partial charge in [-0.25, -0.2) is 0 Å². The fraction of sp³-hybridized carbons (Fsp3) is 0.625. The van der Waals surface area contributed by atoms with Crippen LogP contribution >= 0.6 is 15.9 Å². The van der Waals surface area contributed by atoms with Crippen LogP contribution in [0.2, 0.25) is 0 Å². The van der Waals surface area contributed by atoms with Crippen molar-refractivity contribution in [1.29, 1.82) is 0 Å². The van der Waals surface area contributed by atoms with Crippen LogP contribution in [0.25, 0.3) is 0 Å². The molecule has 17 heavy (non-hydrogen) atoms. The highest BCUT2D eigenvalue weighted by atomic mass is 79.9. The maximum atomic E-state index is 3.56. The lowest BCUT2D eigenvalue weighted by Crippen LogP contribution is -2.48. The molecule has 1 aromatic rings. The largest absolute Gasteiger partial charge is 0.0574 e. The summed E-state index contributed by atoms with van der Waals surface area (Å²) >= 11 is 3.56. The first-order chi connectivity index (χ1) is 8.23. The van der Waals surface area contributed by atoms with Gasteiger partial charge in [0.1, 0.15) is 0 Å². The number of halogens is 1. The third-order valence-corrected chi connectivity index (χ3v) is 6.02. The van der Waals surface area contributed by atoms with Crippen molar-refractivity contribution in [3.8, 4) is 0 Å². The molecule has 0 atom stereocenters. The molecular formula is C16H19Br. The lowest BCUT2D eigenvalue weighted by atomic mass is 9.48. The highest BCUT2D eigenvalue weighted by molar-refractivity contribution is 9.10. The van der Waals surface area contributed by atoms with Crippen LogP contribution in [0, 0.1) is 17.8 Å². The van der Waals surface area contributed by atoms with Crippen molar-refractivity contribution in [2.24, 2.45) is 17.8 Å². The second-order valence-electron chi connectivity index (χ2n) is 6.70. The second kappa shape index (κ2) is 3.60. The van der Waals surface area contributed by atoms with Crippen LogP contribution in [0.3, 0.4) is 0 Å². The van der Waals surface area contributed by atoms with Gasteiger partial charge < -0.3 is 0 Å². The number of hydrogen-bond donors (Lipinski definition) is 0. The Morgan fingerprint density at radius 1 is 0.824 bits per heavy atom. The number of rotatable bonds is 1. The Kier molecular flexibility index (Phi) is 2.25. The SMILES string of the molecule is Brc1ccc(C23C[C@H]4C[C@@H](C2)C[C@@H](C3)C4)cc1. The summed E-state index contributed by atoms with van der Waals surface area (Å²) in [5.41, 5.74) is 2.19. The van der Waals surface area contributed by atoms with Gasteiger partial charge in [0, 0.05) is 4.47 Å². The maximum Gasteiger partial charge on any atom is 0.0175 e. The zero-order valence-electron chi connectivity index (χ0n) is 10.2. The van der Waals surface area contributed by atoms with Crippen molar-refractivity contribution in [3.05, 3.63) is 34.3 Å². The van der Waals surface area contributed by atoms with Gasteiger partial charge in [-0.1, -0.05) is 28.1 Å². The van der Waals surface area contributed by atoms with E-state index in [1.807, 2.05) is 0 Å². The minimum atomic E-state index is 0.565. The van der Waals surface area contributed by atoms with Crippen molar-refractivity contribution < 1.29 is 0 Å². The van der Waals surface area contributed by atoms with Gasteiger partial charge in [-0.3, -0.25) is 0 Å². The van der Waals surface area contributed by atoms with E-state index in [-0.39, 0.29) is 0 Å². The average Bonchev–Trinajstić information content (AvgIpc) is 2.27. The van der Waals surface area contributed by atoms with Gasteiger partial charge in [-0.15, -0.1) is 0 Å². The van der Waals surface area contributed by atoms with E-state index >= 15 is 0 Å².